The highest BCUT2D eigenvalue weighted by molar-refractivity contribution is 6.35. The van der Waals surface area contributed by atoms with Crippen LogP contribution in [0.4, 0.5) is 0 Å². The van der Waals surface area contributed by atoms with Gasteiger partial charge in [0.2, 0.25) is 5.88 Å². The van der Waals surface area contributed by atoms with Crippen molar-refractivity contribution >= 4 is 34.6 Å². The standard InChI is InChI=1S/C22H19Cl2NO4/c1-2-10-3-4-12(28-22-14(24)7-11(23)9-25-22)8-13(10)17-20(26)18-15-5-6-16(29-15)19(18)21(17)27/h3-4,7-9,15-16,18-19,26H,2,5-6H2,1H3. The molecule has 1 aromatic carbocycles. The number of allylic oxidation sites excluding steroid dienone is 1. The average Bonchev–Trinajstić information content (AvgIpc) is 3.38. The van der Waals surface area contributed by atoms with Crippen molar-refractivity contribution in [1.29, 1.82) is 0 Å². The zero-order chi connectivity index (χ0) is 20.3. The van der Waals surface area contributed by atoms with Gasteiger partial charge in [-0.25, -0.2) is 4.98 Å². The summed E-state index contributed by atoms with van der Waals surface area (Å²) in [6.07, 6.45) is 3.80. The minimum absolute atomic E-state index is 0.0331. The Labute approximate surface area is 178 Å². The lowest BCUT2D eigenvalue weighted by molar-refractivity contribution is -0.118. The largest absolute Gasteiger partial charge is 0.511 e. The second kappa shape index (κ2) is 7.01. The van der Waals surface area contributed by atoms with Gasteiger partial charge in [-0.1, -0.05) is 36.2 Å². The van der Waals surface area contributed by atoms with E-state index >= 15 is 0 Å². The van der Waals surface area contributed by atoms with E-state index in [1.807, 2.05) is 13.0 Å². The van der Waals surface area contributed by atoms with Gasteiger partial charge in [0, 0.05) is 6.20 Å². The normalized spacial score (nSPS) is 27.6. The fourth-order valence-corrected chi connectivity index (χ4v) is 5.26. The molecule has 7 heteroatoms. The number of fused-ring (bicyclic) bond motifs is 5. The lowest BCUT2D eigenvalue weighted by Gasteiger charge is -2.19. The summed E-state index contributed by atoms with van der Waals surface area (Å²) in [7, 11) is 0. The number of aliphatic hydroxyl groups is 1. The number of aryl methyl sites for hydroxylation is 1. The van der Waals surface area contributed by atoms with Crippen molar-refractivity contribution in [3.8, 4) is 11.6 Å². The first-order valence-corrected chi connectivity index (χ1v) is 10.5. The van der Waals surface area contributed by atoms with Gasteiger partial charge in [-0.05, 0) is 48.6 Å². The molecule has 2 aromatic rings. The van der Waals surface area contributed by atoms with Crippen molar-refractivity contribution < 1.29 is 19.4 Å². The molecular formula is C22H19Cl2NO4. The molecule has 0 spiro atoms. The monoisotopic (exact) mass is 431 g/mol. The Kier molecular flexibility index (Phi) is 4.57. The van der Waals surface area contributed by atoms with Crippen molar-refractivity contribution in [2.75, 3.05) is 0 Å². The van der Waals surface area contributed by atoms with Gasteiger partial charge in [-0.3, -0.25) is 4.79 Å². The van der Waals surface area contributed by atoms with Gasteiger partial charge in [0.25, 0.3) is 0 Å². The Bertz CT molecular complexity index is 1050. The van der Waals surface area contributed by atoms with E-state index in [1.165, 1.54) is 6.20 Å². The zero-order valence-corrected chi connectivity index (χ0v) is 17.2. The van der Waals surface area contributed by atoms with E-state index in [9.17, 15) is 9.90 Å². The van der Waals surface area contributed by atoms with E-state index in [0.717, 1.165) is 24.8 Å². The van der Waals surface area contributed by atoms with Gasteiger partial charge in [0.1, 0.15) is 16.5 Å². The van der Waals surface area contributed by atoms with Gasteiger partial charge in [-0.2, -0.15) is 0 Å². The number of aliphatic hydroxyl groups excluding tert-OH is 1. The van der Waals surface area contributed by atoms with Crippen molar-refractivity contribution in [3.63, 3.8) is 0 Å². The number of pyridine rings is 1. The van der Waals surface area contributed by atoms with Crippen LogP contribution in [0.15, 0.2) is 36.2 Å². The average molecular weight is 432 g/mol. The number of ether oxygens (including phenoxy) is 2. The van der Waals surface area contributed by atoms with E-state index < -0.39 is 0 Å². The van der Waals surface area contributed by atoms with Gasteiger partial charge in [0.05, 0.1) is 34.6 Å². The highest BCUT2D eigenvalue weighted by atomic mass is 35.5. The molecule has 29 heavy (non-hydrogen) atoms. The number of carbonyl (C=O) groups excluding carboxylic acids is 1. The third-order valence-corrected chi connectivity index (χ3v) is 6.59. The summed E-state index contributed by atoms with van der Waals surface area (Å²) in [5.41, 5.74) is 2.07. The predicted octanol–water partition coefficient (Wildman–Crippen LogP) is 5.39. The number of aromatic nitrogens is 1. The van der Waals surface area contributed by atoms with Crippen LogP contribution >= 0.6 is 23.2 Å². The molecule has 3 aliphatic rings. The highest BCUT2D eigenvalue weighted by Crippen LogP contribution is 2.54. The van der Waals surface area contributed by atoms with Crippen LogP contribution in [-0.2, 0) is 16.0 Å². The lowest BCUT2D eigenvalue weighted by atomic mass is 9.80. The molecule has 4 unspecified atom stereocenters. The van der Waals surface area contributed by atoms with Gasteiger partial charge >= 0.3 is 0 Å². The highest BCUT2D eigenvalue weighted by Gasteiger charge is 2.59. The zero-order valence-electron chi connectivity index (χ0n) is 15.7. The Hall–Kier alpha value is -2.08. The number of benzene rings is 1. The molecule has 0 radical (unpaired) electrons. The molecule has 1 aromatic heterocycles. The first kappa shape index (κ1) is 18.9. The number of carbonyl (C=O) groups is 1. The maximum Gasteiger partial charge on any atom is 0.238 e. The van der Waals surface area contributed by atoms with Crippen molar-refractivity contribution in [2.24, 2.45) is 11.8 Å². The molecule has 2 bridgehead atoms. The second-order valence-corrected chi connectivity index (χ2v) is 8.53. The number of Topliss-reactive ketones (excluding diaryl/α,β-unsaturated/α-hetero) is 1. The van der Waals surface area contributed by atoms with E-state index in [-0.39, 0.29) is 41.5 Å². The molecule has 150 valence electrons. The van der Waals surface area contributed by atoms with Crippen LogP contribution in [0.25, 0.3) is 5.57 Å². The first-order valence-electron chi connectivity index (χ1n) is 9.73. The number of hydrogen-bond donors (Lipinski definition) is 1. The Balaban J connectivity index is 1.54. The maximum atomic E-state index is 13.2. The van der Waals surface area contributed by atoms with Crippen molar-refractivity contribution in [2.45, 2.75) is 38.4 Å². The van der Waals surface area contributed by atoms with Gasteiger partial charge in [0.15, 0.2) is 5.78 Å². The number of rotatable bonds is 4. The third kappa shape index (κ3) is 2.95. The predicted molar refractivity (Wildman–Crippen MR) is 110 cm³/mol. The van der Waals surface area contributed by atoms with E-state index in [1.54, 1.807) is 18.2 Å². The fourth-order valence-electron chi connectivity index (χ4n) is 4.84. The van der Waals surface area contributed by atoms with Crippen LogP contribution in [-0.4, -0.2) is 28.1 Å². The van der Waals surface area contributed by atoms with Crippen molar-refractivity contribution in [3.05, 3.63) is 57.4 Å². The third-order valence-electron chi connectivity index (χ3n) is 6.11. The molecule has 5 nitrogen and oxygen atoms in total. The smallest absolute Gasteiger partial charge is 0.238 e. The molecule has 1 aliphatic carbocycles. The van der Waals surface area contributed by atoms with Crippen LogP contribution in [0.2, 0.25) is 10.0 Å². The summed E-state index contributed by atoms with van der Waals surface area (Å²) >= 11 is 12.1. The topological polar surface area (TPSA) is 68.7 Å². The fraction of sp³-hybridized carbons (Fsp3) is 0.364. The lowest BCUT2D eigenvalue weighted by Crippen LogP contribution is -2.29. The van der Waals surface area contributed by atoms with Crippen LogP contribution < -0.4 is 4.74 Å². The minimum Gasteiger partial charge on any atom is -0.511 e. The molecule has 0 amide bonds. The quantitative estimate of drug-likeness (QED) is 0.702. The summed E-state index contributed by atoms with van der Waals surface area (Å²) in [4.78, 5) is 17.3. The van der Waals surface area contributed by atoms with Crippen LogP contribution in [0.5, 0.6) is 11.6 Å². The van der Waals surface area contributed by atoms with E-state index in [0.29, 0.717) is 26.9 Å². The van der Waals surface area contributed by atoms with Gasteiger partial charge in [-0.15, -0.1) is 0 Å². The Morgan fingerprint density at radius 1 is 1.21 bits per heavy atom. The van der Waals surface area contributed by atoms with Crippen LogP contribution in [0, 0.1) is 11.8 Å². The molecular weight excluding hydrogens is 413 g/mol. The molecule has 2 fully saturated rings. The number of ketones is 1. The number of hydrogen-bond acceptors (Lipinski definition) is 5. The summed E-state index contributed by atoms with van der Waals surface area (Å²) in [6, 6.07) is 7.04. The molecule has 5 rings (SSSR count). The molecule has 2 aliphatic heterocycles. The minimum atomic E-state index is -0.273. The SMILES string of the molecule is CCc1ccc(Oc2ncc(Cl)cc2Cl)cc1C1=C(O)C2C3CCC(O3)C2C1=O. The number of halogens is 2. The first-order chi connectivity index (χ1) is 14.0. The maximum absolute atomic E-state index is 13.2. The second-order valence-electron chi connectivity index (χ2n) is 7.68. The molecule has 2 saturated heterocycles. The van der Waals surface area contributed by atoms with Crippen LogP contribution in [0.3, 0.4) is 0 Å². The van der Waals surface area contributed by atoms with Gasteiger partial charge < -0.3 is 14.6 Å². The summed E-state index contributed by atoms with van der Waals surface area (Å²) in [5.74, 6) is 0.336. The number of nitrogens with zero attached hydrogens (tertiary/aromatic N) is 1. The molecule has 4 atom stereocenters. The summed E-state index contributed by atoms with van der Waals surface area (Å²) in [6.45, 7) is 2.02. The molecule has 3 heterocycles. The Morgan fingerprint density at radius 2 is 1.97 bits per heavy atom. The molecule has 1 N–H and O–H groups in total. The Morgan fingerprint density at radius 3 is 2.66 bits per heavy atom. The van der Waals surface area contributed by atoms with Crippen LogP contribution in [0.1, 0.15) is 30.9 Å². The molecule has 0 saturated carbocycles. The van der Waals surface area contributed by atoms with Crippen molar-refractivity contribution in [1.82, 2.24) is 4.98 Å². The summed E-state index contributed by atoms with van der Waals surface area (Å²) < 4.78 is 11.7. The summed E-state index contributed by atoms with van der Waals surface area (Å²) in [5, 5.41) is 11.7. The van der Waals surface area contributed by atoms with E-state index in [4.69, 9.17) is 32.7 Å². The van der Waals surface area contributed by atoms with E-state index in [2.05, 4.69) is 4.98 Å².